The van der Waals surface area contributed by atoms with Crippen LogP contribution in [0.25, 0.3) is 10.2 Å². The lowest BCUT2D eigenvalue weighted by Gasteiger charge is -2.11. The predicted molar refractivity (Wildman–Crippen MR) is 114 cm³/mol. The summed E-state index contributed by atoms with van der Waals surface area (Å²) < 4.78 is 13.9. The van der Waals surface area contributed by atoms with Gasteiger partial charge in [0.05, 0.1) is 16.3 Å². The smallest absolute Gasteiger partial charge is 0.262 e. The third-order valence-corrected chi connectivity index (χ3v) is 6.66. The molecule has 29 heavy (non-hydrogen) atoms. The molecule has 3 heterocycles. The number of hydrogen-bond acceptors (Lipinski definition) is 7. The van der Waals surface area contributed by atoms with Gasteiger partial charge in [-0.3, -0.25) is 4.79 Å². The van der Waals surface area contributed by atoms with Crippen molar-refractivity contribution in [1.82, 2.24) is 20.3 Å². The monoisotopic (exact) mass is 427 g/mol. The van der Waals surface area contributed by atoms with E-state index in [1.807, 2.05) is 19.2 Å². The number of nitrogens with zero attached hydrogens (tertiary/aromatic N) is 3. The summed E-state index contributed by atoms with van der Waals surface area (Å²) in [4.78, 5) is 27.0. The van der Waals surface area contributed by atoms with Gasteiger partial charge in [-0.05, 0) is 25.5 Å². The standard InChI is InChI=1S/C20H18FN5OS2/c1-11-15-17(23-9-13-5-3-4-6-14(13)21)24-10-25-20(15)29-16(11)18(27)26-12(2)19-22-7-8-28-19/h3-8,10,12H,9H2,1-2H3,(H,26,27)(H,23,24,25). The second kappa shape index (κ2) is 8.22. The van der Waals surface area contributed by atoms with Gasteiger partial charge in [0.2, 0.25) is 0 Å². The van der Waals surface area contributed by atoms with Crippen LogP contribution in [0.3, 0.4) is 0 Å². The number of hydrogen-bond donors (Lipinski definition) is 2. The van der Waals surface area contributed by atoms with Crippen LogP contribution in [-0.2, 0) is 6.54 Å². The van der Waals surface area contributed by atoms with Crippen LogP contribution in [0.2, 0.25) is 0 Å². The quantitative estimate of drug-likeness (QED) is 0.466. The SMILES string of the molecule is Cc1c(C(=O)NC(C)c2nccs2)sc2ncnc(NCc3ccccc3F)c12. The van der Waals surface area contributed by atoms with E-state index in [0.717, 1.165) is 16.0 Å². The molecule has 6 nitrogen and oxygen atoms in total. The Balaban J connectivity index is 1.59. The van der Waals surface area contributed by atoms with Gasteiger partial charge in [-0.25, -0.2) is 19.3 Å². The van der Waals surface area contributed by atoms with Crippen LogP contribution in [0.5, 0.6) is 0 Å². The molecule has 4 aromatic rings. The Morgan fingerprint density at radius 2 is 2.07 bits per heavy atom. The molecule has 1 amide bonds. The van der Waals surface area contributed by atoms with Gasteiger partial charge in [0, 0.05) is 23.7 Å². The average Bonchev–Trinajstić information content (AvgIpc) is 3.36. The summed E-state index contributed by atoms with van der Waals surface area (Å²) in [5.41, 5.74) is 1.34. The van der Waals surface area contributed by atoms with E-state index in [1.54, 1.807) is 24.4 Å². The van der Waals surface area contributed by atoms with Gasteiger partial charge < -0.3 is 10.6 Å². The van der Waals surface area contributed by atoms with Gasteiger partial charge in [0.15, 0.2) is 0 Å². The summed E-state index contributed by atoms with van der Waals surface area (Å²) in [7, 11) is 0. The molecule has 148 valence electrons. The van der Waals surface area contributed by atoms with Crippen LogP contribution in [0.1, 0.15) is 38.8 Å². The summed E-state index contributed by atoms with van der Waals surface area (Å²) in [5, 5.41) is 9.67. The van der Waals surface area contributed by atoms with E-state index >= 15 is 0 Å². The first-order valence-corrected chi connectivity index (χ1v) is 10.7. The molecule has 1 unspecified atom stereocenters. The van der Waals surface area contributed by atoms with E-state index in [9.17, 15) is 9.18 Å². The largest absolute Gasteiger partial charge is 0.365 e. The Labute approximate surface area is 174 Å². The maximum Gasteiger partial charge on any atom is 0.262 e. The molecule has 9 heteroatoms. The molecule has 0 spiro atoms. The second-order valence-corrected chi connectivity index (χ2v) is 8.39. The third-order valence-electron chi connectivity index (χ3n) is 4.51. The number of fused-ring (bicyclic) bond motifs is 1. The average molecular weight is 428 g/mol. The maximum absolute atomic E-state index is 13.9. The van der Waals surface area contributed by atoms with Crippen molar-refractivity contribution in [3.8, 4) is 0 Å². The van der Waals surface area contributed by atoms with E-state index in [2.05, 4.69) is 25.6 Å². The van der Waals surface area contributed by atoms with Crippen molar-refractivity contribution in [3.05, 3.63) is 69.0 Å². The zero-order valence-corrected chi connectivity index (χ0v) is 17.4. The van der Waals surface area contributed by atoms with Crippen LogP contribution in [-0.4, -0.2) is 20.9 Å². The normalized spacial score (nSPS) is 12.1. The lowest BCUT2D eigenvalue weighted by atomic mass is 10.1. The molecule has 0 saturated heterocycles. The fourth-order valence-electron chi connectivity index (χ4n) is 3.02. The number of anilines is 1. The van der Waals surface area contributed by atoms with Crippen molar-refractivity contribution in [2.75, 3.05) is 5.32 Å². The van der Waals surface area contributed by atoms with Crippen molar-refractivity contribution in [1.29, 1.82) is 0 Å². The Bertz CT molecular complexity index is 1160. The Morgan fingerprint density at radius 3 is 2.83 bits per heavy atom. The van der Waals surface area contributed by atoms with E-state index in [0.29, 0.717) is 21.1 Å². The molecule has 2 N–H and O–H groups in total. The first kappa shape index (κ1) is 19.4. The highest BCUT2D eigenvalue weighted by Crippen LogP contribution is 2.33. The summed E-state index contributed by atoms with van der Waals surface area (Å²) in [6.07, 6.45) is 3.16. The zero-order valence-electron chi connectivity index (χ0n) is 15.8. The van der Waals surface area contributed by atoms with Gasteiger partial charge in [-0.1, -0.05) is 18.2 Å². The van der Waals surface area contributed by atoms with E-state index in [1.165, 1.54) is 35.1 Å². The van der Waals surface area contributed by atoms with Crippen LogP contribution >= 0.6 is 22.7 Å². The summed E-state index contributed by atoms with van der Waals surface area (Å²) in [6, 6.07) is 6.41. The molecular formula is C20H18FN5OS2. The topological polar surface area (TPSA) is 79.8 Å². The molecule has 4 rings (SSSR count). The fourth-order valence-corrected chi connectivity index (χ4v) is 4.71. The molecule has 0 aliphatic carbocycles. The zero-order chi connectivity index (χ0) is 20.4. The number of rotatable bonds is 6. The predicted octanol–water partition coefficient (Wildman–Crippen LogP) is 4.70. The van der Waals surface area contributed by atoms with Gasteiger partial charge >= 0.3 is 0 Å². The van der Waals surface area contributed by atoms with Crippen LogP contribution in [0.4, 0.5) is 10.2 Å². The van der Waals surface area contributed by atoms with Gasteiger partial charge in [-0.15, -0.1) is 22.7 Å². The van der Waals surface area contributed by atoms with Gasteiger partial charge in [0.1, 0.15) is 27.8 Å². The maximum atomic E-state index is 13.9. The highest BCUT2D eigenvalue weighted by Gasteiger charge is 2.21. The Kier molecular flexibility index (Phi) is 5.50. The summed E-state index contributed by atoms with van der Waals surface area (Å²) in [6.45, 7) is 4.07. The number of halogens is 1. The van der Waals surface area contributed by atoms with Crippen molar-refractivity contribution in [2.45, 2.75) is 26.4 Å². The summed E-state index contributed by atoms with van der Waals surface area (Å²) in [5.74, 6) is 0.135. The van der Waals surface area contributed by atoms with Crippen LogP contribution in [0, 0.1) is 12.7 Å². The molecule has 0 fully saturated rings. The van der Waals surface area contributed by atoms with Crippen LogP contribution < -0.4 is 10.6 Å². The van der Waals surface area contributed by atoms with Crippen molar-refractivity contribution >= 4 is 44.6 Å². The van der Waals surface area contributed by atoms with Gasteiger partial charge in [0.25, 0.3) is 5.91 Å². The highest BCUT2D eigenvalue weighted by atomic mass is 32.1. The molecule has 0 aliphatic rings. The number of thiophene rings is 1. The molecule has 3 aromatic heterocycles. The Morgan fingerprint density at radius 1 is 1.24 bits per heavy atom. The van der Waals surface area contributed by atoms with E-state index in [4.69, 9.17) is 0 Å². The fraction of sp³-hybridized carbons (Fsp3) is 0.200. The molecule has 0 bridgehead atoms. The third kappa shape index (κ3) is 3.96. The molecule has 0 aliphatic heterocycles. The number of benzene rings is 1. The van der Waals surface area contributed by atoms with E-state index < -0.39 is 0 Å². The number of carbonyl (C=O) groups is 1. The second-order valence-electron chi connectivity index (χ2n) is 6.47. The first-order chi connectivity index (χ1) is 14.0. The van der Waals surface area contributed by atoms with Gasteiger partial charge in [-0.2, -0.15) is 0 Å². The van der Waals surface area contributed by atoms with Crippen molar-refractivity contribution in [2.24, 2.45) is 0 Å². The lowest BCUT2D eigenvalue weighted by Crippen LogP contribution is -2.26. The minimum Gasteiger partial charge on any atom is -0.365 e. The number of aromatic nitrogens is 3. The number of aryl methyl sites for hydroxylation is 1. The molecule has 0 saturated carbocycles. The van der Waals surface area contributed by atoms with Crippen molar-refractivity contribution in [3.63, 3.8) is 0 Å². The molecule has 1 atom stereocenters. The lowest BCUT2D eigenvalue weighted by molar-refractivity contribution is 0.0943. The Hall–Kier alpha value is -2.91. The molecular weight excluding hydrogens is 409 g/mol. The molecule has 0 radical (unpaired) electrons. The van der Waals surface area contributed by atoms with E-state index in [-0.39, 0.29) is 24.3 Å². The van der Waals surface area contributed by atoms with Crippen molar-refractivity contribution < 1.29 is 9.18 Å². The number of thiazole rings is 1. The minimum atomic E-state index is -0.274. The highest BCUT2D eigenvalue weighted by molar-refractivity contribution is 7.20. The van der Waals surface area contributed by atoms with Crippen LogP contribution in [0.15, 0.2) is 42.2 Å². The number of nitrogens with one attached hydrogen (secondary N) is 2. The molecule has 1 aromatic carbocycles. The summed E-state index contributed by atoms with van der Waals surface area (Å²) >= 11 is 2.82. The first-order valence-electron chi connectivity index (χ1n) is 8.96. The number of amides is 1. The number of carbonyl (C=O) groups excluding carboxylic acids is 1. The minimum absolute atomic E-state index is 0.173.